The number of ether oxygens (including phenoxy) is 4. The summed E-state index contributed by atoms with van der Waals surface area (Å²) >= 11 is 5.81. The molecule has 0 N–H and O–H groups in total. The topological polar surface area (TPSA) is 148 Å². The van der Waals surface area contributed by atoms with Gasteiger partial charge in [-0.1, -0.05) is 71.6 Å². The van der Waals surface area contributed by atoms with Gasteiger partial charge in [0.05, 0.1) is 45.3 Å². The van der Waals surface area contributed by atoms with E-state index < -0.39 is 57.4 Å². The quantitative estimate of drug-likeness (QED) is 0.0155. The van der Waals surface area contributed by atoms with Gasteiger partial charge in [-0.2, -0.15) is 0 Å². The summed E-state index contributed by atoms with van der Waals surface area (Å²) in [4.78, 5) is 77.1. The molecule has 2 saturated carbocycles. The van der Waals surface area contributed by atoms with Crippen LogP contribution in [0, 0.1) is 33.5 Å². The van der Waals surface area contributed by atoms with Gasteiger partial charge in [0.2, 0.25) is 5.36 Å². The summed E-state index contributed by atoms with van der Waals surface area (Å²) < 4.78 is 31.3. The minimum Gasteiger partial charge on any atom is -0.469 e. The largest absolute Gasteiger partial charge is 0.469 e. The Morgan fingerprint density at radius 3 is 1.79 bits per heavy atom. The summed E-state index contributed by atoms with van der Waals surface area (Å²) in [5, 5.41) is 2.06. The zero-order valence-electron chi connectivity index (χ0n) is 46.3. The van der Waals surface area contributed by atoms with Crippen LogP contribution in [0.3, 0.4) is 0 Å². The molecule has 2 heterocycles. The molecule has 2 unspecified atom stereocenters. The third-order valence-corrected chi connectivity index (χ3v) is 17.5. The fourth-order valence-electron chi connectivity index (χ4n) is 13.2. The van der Waals surface area contributed by atoms with E-state index in [9.17, 15) is 24.0 Å². The Morgan fingerprint density at radius 1 is 0.680 bits per heavy atom. The minimum atomic E-state index is -1.71. The maximum Gasteiger partial charge on any atom is 0.314 e. The third-order valence-electron chi connectivity index (χ3n) is 17.2. The predicted octanol–water partition coefficient (Wildman–Crippen LogP) is 9.70. The Hall–Kier alpha value is -5.47. The third kappa shape index (κ3) is 10.4. The van der Waals surface area contributed by atoms with E-state index in [4.69, 9.17) is 35.0 Å². The summed E-state index contributed by atoms with van der Waals surface area (Å²) in [7, 11) is 2.45. The lowest BCUT2D eigenvalue weighted by Crippen LogP contribution is -2.48. The fourth-order valence-corrected chi connectivity index (χ4v) is 13.4. The molecule has 14 nitrogen and oxygen atoms in total. The highest BCUT2D eigenvalue weighted by molar-refractivity contribution is 6.17. The van der Waals surface area contributed by atoms with Crippen molar-refractivity contribution in [1.82, 2.24) is 14.4 Å². The molecule has 2 aliphatic heterocycles. The fraction of sp³-hybridized carbons (Fsp3) is 0.600. The first-order chi connectivity index (χ1) is 36.0. The number of rotatable bonds is 25. The number of hydrogen-bond donors (Lipinski definition) is 0. The highest BCUT2D eigenvalue weighted by Gasteiger charge is 3.00. The molecule has 2 aromatic rings. The number of benzene rings is 3. The van der Waals surface area contributed by atoms with Crippen LogP contribution in [0.4, 0.5) is 5.69 Å². The molecule has 0 spiro atoms. The molecule has 5 aliphatic rings. The Bertz CT molecular complexity index is 2730. The van der Waals surface area contributed by atoms with E-state index in [1.54, 1.807) is 27.7 Å². The average molecular weight is 1050 g/mol. The number of hydrogen-bond acceptors (Lipinski definition) is 12. The molecule has 408 valence electrons. The first-order valence-electron chi connectivity index (χ1n) is 27.5. The molecule has 7 rings (SSSR count). The number of carbonyl (C=O) groups excluding carboxylic acids is 5. The molecule has 2 aromatic carbocycles. The van der Waals surface area contributed by atoms with Gasteiger partial charge in [-0.15, -0.1) is 11.6 Å². The lowest BCUT2D eigenvalue weighted by Gasteiger charge is -2.35. The summed E-state index contributed by atoms with van der Waals surface area (Å²) in [5.74, 6) is -3.42. The van der Waals surface area contributed by atoms with Gasteiger partial charge in [0.25, 0.3) is 5.91 Å². The van der Waals surface area contributed by atoms with Crippen molar-refractivity contribution in [3.8, 4) is 22.5 Å². The summed E-state index contributed by atoms with van der Waals surface area (Å²) in [5.41, 5.74) is -0.191. The van der Waals surface area contributed by atoms with Crippen LogP contribution < -0.4 is 14.8 Å². The SMILES string of the molecule is CCN(CC)c1ccc2c(-c3ccccc3C(=O)N3CCN(CCCCCCOC(=O)C4C(C)(C)[C@@]4(C(=O)OC)[C@@]4(C(=O)OC)C(C(=O)OCCCCCCCl)C4(C)C)CC3)c3ccc(=[N+](CC)CC)cc-3oc2c1. The van der Waals surface area contributed by atoms with Crippen molar-refractivity contribution in [2.45, 2.75) is 107 Å². The number of carbonyl (C=O) groups is 5. The van der Waals surface area contributed by atoms with E-state index in [-0.39, 0.29) is 19.1 Å². The first-order valence-corrected chi connectivity index (χ1v) is 28.1. The predicted molar refractivity (Wildman–Crippen MR) is 294 cm³/mol. The number of piperazine rings is 1. The van der Waals surface area contributed by atoms with Crippen molar-refractivity contribution in [3.05, 3.63) is 71.6 Å². The highest BCUT2D eigenvalue weighted by atomic mass is 35.5. The Morgan fingerprint density at radius 2 is 1.24 bits per heavy atom. The Kier molecular flexibility index (Phi) is 18.5. The molecular weight excluding hydrogens is 972 g/mol. The van der Waals surface area contributed by atoms with Gasteiger partial charge in [-0.3, -0.25) is 28.9 Å². The summed E-state index contributed by atoms with van der Waals surface area (Å²) in [6, 6.07) is 20.8. The van der Waals surface area contributed by atoms with Crippen LogP contribution in [-0.2, 0) is 38.1 Å². The van der Waals surface area contributed by atoms with Gasteiger partial charge >= 0.3 is 23.9 Å². The number of unbranched alkanes of at least 4 members (excludes halogenated alkanes) is 6. The van der Waals surface area contributed by atoms with E-state index in [2.05, 4.69) is 84.5 Å². The van der Waals surface area contributed by atoms with Crippen molar-refractivity contribution in [2.75, 3.05) is 97.1 Å². The van der Waals surface area contributed by atoms with E-state index in [1.165, 1.54) is 14.2 Å². The van der Waals surface area contributed by atoms with E-state index in [0.717, 1.165) is 129 Å². The van der Waals surface area contributed by atoms with Crippen LogP contribution >= 0.6 is 11.6 Å². The van der Waals surface area contributed by atoms with Gasteiger partial charge in [-0.05, 0) is 101 Å². The van der Waals surface area contributed by atoms with Gasteiger partial charge in [0.1, 0.15) is 35.3 Å². The van der Waals surface area contributed by atoms with Gasteiger partial charge in [0.15, 0.2) is 0 Å². The molecule has 15 heteroatoms. The van der Waals surface area contributed by atoms with Crippen LogP contribution in [-0.4, -0.2) is 132 Å². The monoisotopic (exact) mass is 1050 g/mol. The molecular formula is C60H82ClN4O10+. The second-order valence-electron chi connectivity index (χ2n) is 21.6. The van der Waals surface area contributed by atoms with Crippen LogP contribution in [0.25, 0.3) is 33.4 Å². The molecule has 3 fully saturated rings. The number of fused-ring (bicyclic) bond motifs is 2. The lowest BCUT2D eigenvalue weighted by atomic mass is 9.73. The first kappa shape index (κ1) is 57.2. The van der Waals surface area contributed by atoms with Crippen LogP contribution in [0.2, 0.25) is 0 Å². The van der Waals surface area contributed by atoms with E-state index in [0.29, 0.717) is 37.4 Å². The molecule has 3 aliphatic carbocycles. The van der Waals surface area contributed by atoms with Gasteiger partial charge < -0.3 is 33.2 Å². The summed E-state index contributed by atoms with van der Waals surface area (Å²) in [6.45, 7) is 23.1. The van der Waals surface area contributed by atoms with E-state index in [1.807, 2.05) is 23.1 Å². The van der Waals surface area contributed by atoms with Crippen molar-refractivity contribution in [2.24, 2.45) is 33.5 Å². The second kappa shape index (κ2) is 24.2. The zero-order chi connectivity index (χ0) is 54.3. The number of halogens is 1. The van der Waals surface area contributed by atoms with Crippen LogP contribution in [0.15, 0.2) is 65.1 Å². The molecule has 0 bridgehead atoms. The molecule has 0 radical (unpaired) electrons. The molecule has 1 amide bonds. The van der Waals surface area contributed by atoms with Crippen LogP contribution in [0.5, 0.6) is 0 Å². The standard InChI is InChI=1S/C60H82ClN4O10/c1-11-63(12-2)41-27-29-45-47(39-41)75-48-40-42(64(13-3)14-4)28-30-46(48)49(45)43-25-19-20-26-44(43)52(66)65-35-33-62(34-36-65)32-22-16-18-24-38-74-54(68)51-58(7,8)60(51,56(70)72-10)59(55(69)71-9)50(57(59,5)6)53(67)73-37-23-17-15-21-31-61/h19-20,25-30,39-40,50-51H,11-18,21-24,31-38H2,1-10H3/q+1/t50?,51?,59-,60-/m1/s1. The molecule has 75 heavy (non-hydrogen) atoms. The number of alkyl halides is 1. The second-order valence-corrected chi connectivity index (χ2v) is 22.0. The smallest absolute Gasteiger partial charge is 0.314 e. The normalized spacial score (nSPS) is 21.6. The van der Waals surface area contributed by atoms with Crippen molar-refractivity contribution < 1.29 is 47.3 Å². The highest BCUT2D eigenvalue weighted by Crippen LogP contribution is 2.90. The summed E-state index contributed by atoms with van der Waals surface area (Å²) in [6.07, 6.45) is 6.55. The van der Waals surface area contributed by atoms with Crippen molar-refractivity contribution in [1.29, 1.82) is 0 Å². The maximum absolute atomic E-state index is 14.6. The molecule has 0 aromatic heterocycles. The van der Waals surface area contributed by atoms with Gasteiger partial charge in [-0.25, -0.2) is 4.58 Å². The maximum atomic E-state index is 14.6. The Labute approximate surface area is 449 Å². The number of nitrogens with zero attached hydrogens (tertiary/aromatic N) is 4. The van der Waals surface area contributed by atoms with Crippen molar-refractivity contribution >= 4 is 58.0 Å². The van der Waals surface area contributed by atoms with Crippen molar-refractivity contribution in [3.63, 3.8) is 0 Å². The average Bonchev–Trinajstić information content (AvgIpc) is 4.26. The van der Waals surface area contributed by atoms with Crippen LogP contribution in [0.1, 0.15) is 117 Å². The lowest BCUT2D eigenvalue weighted by molar-refractivity contribution is -0.170. The van der Waals surface area contributed by atoms with E-state index >= 15 is 0 Å². The zero-order valence-corrected chi connectivity index (χ0v) is 47.1. The van der Waals surface area contributed by atoms with Gasteiger partial charge in [0, 0.05) is 85.0 Å². The number of anilines is 1. The number of methoxy groups -OCH3 is 2. The number of amides is 1. The number of esters is 4. The molecule has 4 atom stereocenters. The Balaban J connectivity index is 0.946. The minimum absolute atomic E-state index is 0.0172. The molecule has 1 saturated heterocycles.